The maximum Gasteiger partial charge on any atom is 0.218 e. The van der Waals surface area contributed by atoms with Gasteiger partial charge in [-0.25, -0.2) is 8.42 Å². The molecule has 1 aromatic carbocycles. The van der Waals surface area contributed by atoms with Gasteiger partial charge in [0.25, 0.3) is 0 Å². The average Bonchev–Trinajstić information content (AvgIpc) is 2.87. The molecule has 3 rings (SSSR count). The molecule has 4 nitrogen and oxygen atoms in total. The van der Waals surface area contributed by atoms with Crippen LogP contribution in [0.15, 0.2) is 30.3 Å². The van der Waals surface area contributed by atoms with Crippen LogP contribution in [0.25, 0.3) is 0 Å². The zero-order valence-corrected chi connectivity index (χ0v) is 11.8. The molecule has 104 valence electrons. The fourth-order valence-electron chi connectivity index (χ4n) is 3.24. The van der Waals surface area contributed by atoms with Crippen LogP contribution < -0.4 is 5.32 Å². The summed E-state index contributed by atoms with van der Waals surface area (Å²) in [5, 5.41) is 3.32. The van der Waals surface area contributed by atoms with Crippen molar-refractivity contribution in [2.24, 2.45) is 5.92 Å². The van der Waals surface area contributed by atoms with Crippen molar-refractivity contribution in [2.45, 2.75) is 24.6 Å². The predicted molar refractivity (Wildman–Crippen MR) is 75.2 cm³/mol. The highest BCUT2D eigenvalue weighted by molar-refractivity contribution is 7.88. The number of sulfonamides is 1. The minimum Gasteiger partial charge on any atom is -0.315 e. The SMILES string of the molecule is O=S(=O)(Cc1ccccc1)N1CCCC2CNCC21. The molecule has 0 radical (unpaired) electrons. The van der Waals surface area contributed by atoms with Gasteiger partial charge in [0.15, 0.2) is 0 Å². The van der Waals surface area contributed by atoms with Crippen molar-refractivity contribution in [3.63, 3.8) is 0 Å². The Labute approximate surface area is 114 Å². The standard InChI is InChI=1S/C14H20N2O2S/c17-19(18,11-12-5-2-1-3-6-12)16-8-4-7-13-9-15-10-14(13)16/h1-3,5-6,13-15H,4,7-11H2. The van der Waals surface area contributed by atoms with E-state index in [9.17, 15) is 8.42 Å². The highest BCUT2D eigenvalue weighted by atomic mass is 32.2. The highest BCUT2D eigenvalue weighted by Crippen LogP contribution is 2.29. The van der Waals surface area contributed by atoms with Gasteiger partial charge in [0, 0.05) is 19.1 Å². The van der Waals surface area contributed by atoms with E-state index in [1.54, 1.807) is 4.31 Å². The Kier molecular flexibility index (Phi) is 3.60. The van der Waals surface area contributed by atoms with Gasteiger partial charge in [-0.1, -0.05) is 30.3 Å². The number of nitrogens with one attached hydrogen (secondary N) is 1. The Bertz CT molecular complexity index is 530. The maximum atomic E-state index is 12.6. The van der Waals surface area contributed by atoms with E-state index in [0.29, 0.717) is 12.5 Å². The van der Waals surface area contributed by atoms with Crippen molar-refractivity contribution in [3.05, 3.63) is 35.9 Å². The van der Waals surface area contributed by atoms with Crippen LogP contribution in [0, 0.1) is 5.92 Å². The van der Waals surface area contributed by atoms with Crippen molar-refractivity contribution < 1.29 is 8.42 Å². The normalized spacial score (nSPS) is 28.2. The first-order valence-corrected chi connectivity index (χ1v) is 8.52. The molecule has 0 aliphatic carbocycles. The third kappa shape index (κ3) is 2.68. The Morgan fingerprint density at radius 3 is 2.79 bits per heavy atom. The van der Waals surface area contributed by atoms with Crippen molar-refractivity contribution in [3.8, 4) is 0 Å². The molecule has 0 bridgehead atoms. The zero-order valence-electron chi connectivity index (χ0n) is 11.0. The van der Waals surface area contributed by atoms with Gasteiger partial charge >= 0.3 is 0 Å². The largest absolute Gasteiger partial charge is 0.315 e. The van der Waals surface area contributed by atoms with Gasteiger partial charge in [0.2, 0.25) is 10.0 Å². The Morgan fingerprint density at radius 1 is 1.21 bits per heavy atom. The van der Waals surface area contributed by atoms with E-state index in [4.69, 9.17) is 0 Å². The molecule has 2 aliphatic rings. The fourth-order valence-corrected chi connectivity index (χ4v) is 5.09. The Balaban J connectivity index is 1.79. The highest BCUT2D eigenvalue weighted by Gasteiger charge is 2.40. The summed E-state index contributed by atoms with van der Waals surface area (Å²) in [6.07, 6.45) is 2.13. The lowest BCUT2D eigenvalue weighted by atomic mass is 9.94. The molecular weight excluding hydrogens is 260 g/mol. The minimum atomic E-state index is -3.20. The van der Waals surface area contributed by atoms with Gasteiger partial charge in [-0.15, -0.1) is 0 Å². The molecular formula is C14H20N2O2S. The third-order valence-electron chi connectivity index (χ3n) is 4.18. The number of fused-ring (bicyclic) bond motifs is 1. The summed E-state index contributed by atoms with van der Waals surface area (Å²) < 4.78 is 26.9. The summed E-state index contributed by atoms with van der Waals surface area (Å²) in [6, 6.07) is 9.62. The molecule has 19 heavy (non-hydrogen) atoms. The molecule has 0 spiro atoms. The second-order valence-electron chi connectivity index (χ2n) is 5.48. The van der Waals surface area contributed by atoms with Gasteiger partial charge in [-0.2, -0.15) is 4.31 Å². The van der Waals surface area contributed by atoms with Gasteiger partial charge < -0.3 is 5.32 Å². The van der Waals surface area contributed by atoms with E-state index < -0.39 is 10.0 Å². The Hall–Kier alpha value is -0.910. The van der Waals surface area contributed by atoms with Crippen LogP contribution in [0.4, 0.5) is 0 Å². The smallest absolute Gasteiger partial charge is 0.218 e. The first-order valence-electron chi connectivity index (χ1n) is 6.91. The predicted octanol–water partition coefficient (Wildman–Crippen LogP) is 1.20. The van der Waals surface area contributed by atoms with Crippen molar-refractivity contribution in [2.75, 3.05) is 19.6 Å². The zero-order chi connectivity index (χ0) is 13.3. The van der Waals surface area contributed by atoms with Gasteiger partial charge in [0.05, 0.1) is 5.75 Å². The average molecular weight is 280 g/mol. The number of nitrogens with zero attached hydrogens (tertiary/aromatic N) is 1. The molecule has 0 aromatic heterocycles. The van der Waals surface area contributed by atoms with E-state index in [2.05, 4.69) is 5.32 Å². The van der Waals surface area contributed by atoms with E-state index in [0.717, 1.165) is 31.5 Å². The quantitative estimate of drug-likeness (QED) is 0.905. The number of hydrogen-bond acceptors (Lipinski definition) is 3. The fraction of sp³-hybridized carbons (Fsp3) is 0.571. The van der Waals surface area contributed by atoms with Gasteiger partial charge in [0.1, 0.15) is 0 Å². The second kappa shape index (κ2) is 5.23. The van der Waals surface area contributed by atoms with Crippen molar-refractivity contribution in [1.29, 1.82) is 0 Å². The summed E-state index contributed by atoms with van der Waals surface area (Å²) in [4.78, 5) is 0. The van der Waals surface area contributed by atoms with Crippen molar-refractivity contribution in [1.82, 2.24) is 9.62 Å². The van der Waals surface area contributed by atoms with Gasteiger partial charge in [-0.05, 0) is 30.9 Å². The summed E-state index contributed by atoms with van der Waals surface area (Å²) in [5.74, 6) is 0.621. The van der Waals surface area contributed by atoms with E-state index in [1.807, 2.05) is 30.3 Å². The lowest BCUT2D eigenvalue weighted by Gasteiger charge is -2.36. The number of benzene rings is 1. The van der Waals surface area contributed by atoms with E-state index >= 15 is 0 Å². The van der Waals surface area contributed by atoms with Crippen LogP contribution in [0.3, 0.4) is 0 Å². The van der Waals surface area contributed by atoms with E-state index in [1.165, 1.54) is 0 Å². The maximum absolute atomic E-state index is 12.6. The molecule has 2 saturated heterocycles. The lowest BCUT2D eigenvalue weighted by molar-refractivity contribution is 0.217. The molecule has 0 amide bonds. The van der Waals surface area contributed by atoms with Gasteiger partial charge in [-0.3, -0.25) is 0 Å². The third-order valence-corrected chi connectivity index (χ3v) is 6.04. The molecule has 2 atom stereocenters. The number of piperidine rings is 1. The summed E-state index contributed by atoms with van der Waals surface area (Å²) >= 11 is 0. The number of rotatable bonds is 3. The topological polar surface area (TPSA) is 49.4 Å². The minimum absolute atomic E-state index is 0.122. The van der Waals surface area contributed by atoms with Crippen LogP contribution in [0.5, 0.6) is 0 Å². The van der Waals surface area contributed by atoms with Crippen molar-refractivity contribution >= 4 is 10.0 Å². The molecule has 0 saturated carbocycles. The molecule has 1 N–H and O–H groups in total. The molecule has 2 fully saturated rings. The Morgan fingerprint density at radius 2 is 2.00 bits per heavy atom. The van der Waals surface area contributed by atoms with Crippen LogP contribution >= 0.6 is 0 Å². The van der Waals surface area contributed by atoms with Crippen LogP contribution in [-0.4, -0.2) is 38.4 Å². The molecule has 1 aromatic rings. The molecule has 2 aliphatic heterocycles. The van der Waals surface area contributed by atoms with Crippen LogP contribution in [0.1, 0.15) is 18.4 Å². The first-order chi connectivity index (χ1) is 9.17. The summed E-state index contributed by atoms with van der Waals surface area (Å²) in [6.45, 7) is 2.44. The van der Waals surface area contributed by atoms with Crippen LogP contribution in [0.2, 0.25) is 0 Å². The molecule has 2 unspecified atom stereocenters. The van der Waals surface area contributed by atoms with E-state index in [-0.39, 0.29) is 11.8 Å². The molecule has 2 heterocycles. The molecule has 5 heteroatoms. The summed E-state index contributed by atoms with van der Waals surface area (Å²) in [5.41, 5.74) is 0.871. The first kappa shape index (κ1) is 13.1. The second-order valence-corrected chi connectivity index (χ2v) is 7.40. The van der Waals surface area contributed by atoms with Crippen LogP contribution in [-0.2, 0) is 15.8 Å². The monoisotopic (exact) mass is 280 g/mol. The lowest BCUT2D eigenvalue weighted by Crippen LogP contribution is -2.48. The summed E-state index contributed by atoms with van der Waals surface area (Å²) in [7, 11) is -3.20. The number of hydrogen-bond donors (Lipinski definition) is 1.